The molecule has 0 fully saturated rings. The molecular formula is C14H10F3N3O3. The second-order valence-electron chi connectivity index (χ2n) is 4.47. The van der Waals surface area contributed by atoms with Crippen molar-refractivity contribution in [2.45, 2.75) is 6.18 Å². The highest BCUT2D eigenvalue weighted by atomic mass is 19.4. The molecule has 0 radical (unpaired) electrons. The quantitative estimate of drug-likeness (QED) is 0.667. The van der Waals surface area contributed by atoms with Crippen LogP contribution in [0.1, 0.15) is 15.9 Å². The third kappa shape index (κ3) is 4.19. The number of rotatable bonds is 4. The number of benzene rings is 2. The molecule has 0 saturated carbocycles. The fourth-order valence-electron chi connectivity index (χ4n) is 1.74. The predicted molar refractivity (Wildman–Crippen MR) is 75.6 cm³/mol. The fraction of sp³-hybridized carbons (Fsp3) is 0.0714. The summed E-state index contributed by atoms with van der Waals surface area (Å²) >= 11 is 0. The van der Waals surface area contributed by atoms with Gasteiger partial charge in [0, 0.05) is 17.7 Å². The number of non-ortho nitro benzene ring substituents is 1. The van der Waals surface area contributed by atoms with Crippen LogP contribution in [0.3, 0.4) is 0 Å². The minimum atomic E-state index is -4.50. The average molecular weight is 325 g/mol. The summed E-state index contributed by atoms with van der Waals surface area (Å²) in [6.45, 7) is 0. The molecule has 9 heteroatoms. The van der Waals surface area contributed by atoms with Crippen LogP contribution < -0.4 is 10.9 Å². The molecule has 2 aromatic carbocycles. The van der Waals surface area contributed by atoms with Gasteiger partial charge in [-0.05, 0) is 24.3 Å². The van der Waals surface area contributed by atoms with Crippen molar-refractivity contribution in [2.75, 3.05) is 5.43 Å². The normalized spacial score (nSPS) is 10.9. The zero-order valence-electron chi connectivity index (χ0n) is 11.4. The summed E-state index contributed by atoms with van der Waals surface area (Å²) < 4.78 is 37.7. The van der Waals surface area contributed by atoms with E-state index in [1.807, 2.05) is 0 Å². The zero-order chi connectivity index (χ0) is 17.0. The number of nitro groups is 1. The van der Waals surface area contributed by atoms with Gasteiger partial charge in [-0.25, -0.2) is 0 Å². The van der Waals surface area contributed by atoms with E-state index in [9.17, 15) is 28.1 Å². The van der Waals surface area contributed by atoms with E-state index in [-0.39, 0.29) is 16.9 Å². The standard InChI is InChI=1S/C14H10F3N3O3/c15-14(16,17)10-4-2-5-11(8-10)18-19-13(21)9-3-1-6-12(7-9)20(22)23/h1-8,18H,(H,19,21). The van der Waals surface area contributed by atoms with Crippen LogP contribution in [-0.4, -0.2) is 10.8 Å². The number of nitrogens with zero attached hydrogens (tertiary/aromatic N) is 1. The van der Waals surface area contributed by atoms with E-state index in [0.29, 0.717) is 0 Å². The molecule has 0 aliphatic carbocycles. The van der Waals surface area contributed by atoms with E-state index in [2.05, 4.69) is 10.9 Å². The Morgan fingerprint density at radius 3 is 2.43 bits per heavy atom. The Labute approximate surface area is 128 Å². The van der Waals surface area contributed by atoms with Crippen molar-refractivity contribution in [3.8, 4) is 0 Å². The number of carbonyl (C=O) groups is 1. The summed E-state index contributed by atoms with van der Waals surface area (Å²) in [7, 11) is 0. The summed E-state index contributed by atoms with van der Waals surface area (Å²) in [5.74, 6) is -0.717. The Balaban J connectivity index is 2.08. The van der Waals surface area contributed by atoms with Gasteiger partial charge in [0.2, 0.25) is 0 Å². The summed E-state index contributed by atoms with van der Waals surface area (Å²) in [4.78, 5) is 21.8. The van der Waals surface area contributed by atoms with Crippen molar-refractivity contribution in [3.63, 3.8) is 0 Å². The summed E-state index contributed by atoms with van der Waals surface area (Å²) in [5, 5.41) is 10.6. The first-order valence-corrected chi connectivity index (χ1v) is 6.25. The van der Waals surface area contributed by atoms with Crippen LogP contribution in [0, 0.1) is 10.1 Å². The number of amides is 1. The van der Waals surface area contributed by atoms with Gasteiger partial charge in [0.1, 0.15) is 0 Å². The lowest BCUT2D eigenvalue weighted by atomic mass is 10.2. The highest BCUT2D eigenvalue weighted by Crippen LogP contribution is 2.30. The molecule has 0 atom stereocenters. The van der Waals surface area contributed by atoms with Crippen LogP contribution in [0.2, 0.25) is 0 Å². The number of alkyl halides is 3. The zero-order valence-corrected chi connectivity index (χ0v) is 11.4. The van der Waals surface area contributed by atoms with Crippen molar-refractivity contribution in [2.24, 2.45) is 0 Å². The number of halogens is 3. The Hall–Kier alpha value is -3.10. The molecule has 2 N–H and O–H groups in total. The second kappa shape index (κ2) is 6.34. The first-order valence-electron chi connectivity index (χ1n) is 6.25. The molecule has 0 saturated heterocycles. The number of carbonyl (C=O) groups excluding carboxylic acids is 1. The molecule has 0 aromatic heterocycles. The van der Waals surface area contributed by atoms with Gasteiger partial charge >= 0.3 is 6.18 Å². The highest BCUT2D eigenvalue weighted by Gasteiger charge is 2.30. The van der Waals surface area contributed by atoms with Crippen LogP contribution in [0.15, 0.2) is 48.5 Å². The lowest BCUT2D eigenvalue weighted by molar-refractivity contribution is -0.384. The minimum Gasteiger partial charge on any atom is -0.298 e. The van der Waals surface area contributed by atoms with Crippen molar-refractivity contribution >= 4 is 17.3 Å². The molecule has 0 aliphatic heterocycles. The van der Waals surface area contributed by atoms with Crippen molar-refractivity contribution in [1.82, 2.24) is 5.43 Å². The third-order valence-electron chi connectivity index (χ3n) is 2.83. The molecule has 0 unspecified atom stereocenters. The number of hydrogen-bond acceptors (Lipinski definition) is 4. The average Bonchev–Trinajstić information content (AvgIpc) is 2.52. The number of hydrogen-bond donors (Lipinski definition) is 2. The van der Waals surface area contributed by atoms with E-state index in [4.69, 9.17) is 0 Å². The fourth-order valence-corrected chi connectivity index (χ4v) is 1.74. The monoisotopic (exact) mass is 325 g/mol. The topological polar surface area (TPSA) is 84.3 Å². The van der Waals surface area contributed by atoms with Crippen LogP contribution in [-0.2, 0) is 6.18 Å². The first-order chi connectivity index (χ1) is 10.8. The van der Waals surface area contributed by atoms with E-state index < -0.39 is 22.6 Å². The van der Waals surface area contributed by atoms with E-state index >= 15 is 0 Å². The lowest BCUT2D eigenvalue weighted by Gasteiger charge is -2.11. The van der Waals surface area contributed by atoms with Gasteiger partial charge in [0.25, 0.3) is 11.6 Å². The van der Waals surface area contributed by atoms with Gasteiger partial charge in [-0.15, -0.1) is 0 Å². The van der Waals surface area contributed by atoms with Gasteiger partial charge < -0.3 is 0 Å². The van der Waals surface area contributed by atoms with Gasteiger partial charge in [-0.2, -0.15) is 13.2 Å². The Morgan fingerprint density at radius 2 is 1.78 bits per heavy atom. The van der Waals surface area contributed by atoms with Crippen molar-refractivity contribution < 1.29 is 22.9 Å². The van der Waals surface area contributed by atoms with Crippen LogP contribution in [0.4, 0.5) is 24.5 Å². The van der Waals surface area contributed by atoms with Crippen LogP contribution in [0.5, 0.6) is 0 Å². The maximum Gasteiger partial charge on any atom is 0.416 e. The van der Waals surface area contributed by atoms with Gasteiger partial charge in [0.05, 0.1) is 16.2 Å². The number of nitrogens with one attached hydrogen (secondary N) is 2. The lowest BCUT2D eigenvalue weighted by Crippen LogP contribution is -2.29. The minimum absolute atomic E-state index is 0.00123. The molecule has 2 rings (SSSR count). The molecule has 0 spiro atoms. The maximum atomic E-state index is 12.6. The molecule has 0 heterocycles. The number of nitro benzene ring substituents is 1. The molecular weight excluding hydrogens is 315 g/mol. The van der Waals surface area contributed by atoms with Gasteiger partial charge in [-0.1, -0.05) is 12.1 Å². The number of hydrazine groups is 1. The predicted octanol–water partition coefficient (Wildman–Crippen LogP) is 3.37. The smallest absolute Gasteiger partial charge is 0.298 e. The molecule has 120 valence electrons. The SMILES string of the molecule is O=C(NNc1cccc(C(F)(F)F)c1)c1cccc([N+](=O)[O-])c1. The van der Waals surface area contributed by atoms with Crippen molar-refractivity contribution in [3.05, 3.63) is 69.8 Å². The third-order valence-corrected chi connectivity index (χ3v) is 2.83. The highest BCUT2D eigenvalue weighted by molar-refractivity contribution is 5.95. The van der Waals surface area contributed by atoms with Gasteiger partial charge in [-0.3, -0.25) is 25.8 Å². The summed E-state index contributed by atoms with van der Waals surface area (Å²) in [5.41, 5.74) is 3.41. The molecule has 2 aromatic rings. The van der Waals surface area contributed by atoms with E-state index in [0.717, 1.165) is 18.2 Å². The largest absolute Gasteiger partial charge is 0.416 e. The second-order valence-corrected chi connectivity index (χ2v) is 4.47. The summed E-state index contributed by atoms with van der Waals surface area (Å²) in [6, 6.07) is 9.20. The Bertz CT molecular complexity index is 747. The molecule has 6 nitrogen and oxygen atoms in total. The number of anilines is 1. The van der Waals surface area contributed by atoms with Crippen LogP contribution in [0.25, 0.3) is 0 Å². The first kappa shape index (κ1) is 16.3. The van der Waals surface area contributed by atoms with Crippen LogP contribution >= 0.6 is 0 Å². The molecule has 0 bridgehead atoms. The van der Waals surface area contributed by atoms with E-state index in [1.165, 1.54) is 30.3 Å². The molecule has 0 aliphatic rings. The van der Waals surface area contributed by atoms with E-state index in [1.54, 1.807) is 0 Å². The van der Waals surface area contributed by atoms with Gasteiger partial charge in [0.15, 0.2) is 0 Å². The Kier molecular flexibility index (Phi) is 4.49. The maximum absolute atomic E-state index is 12.6. The molecule has 1 amide bonds. The van der Waals surface area contributed by atoms with Crippen molar-refractivity contribution in [1.29, 1.82) is 0 Å². The Morgan fingerprint density at radius 1 is 1.09 bits per heavy atom. The molecule has 23 heavy (non-hydrogen) atoms. The summed E-state index contributed by atoms with van der Waals surface area (Å²) in [6.07, 6.45) is -4.50.